The maximum atomic E-state index is 12.9. The predicted octanol–water partition coefficient (Wildman–Crippen LogP) is 1.32. The van der Waals surface area contributed by atoms with Gasteiger partial charge in [0.1, 0.15) is 6.04 Å². The number of sulfonamides is 1. The first-order chi connectivity index (χ1) is 19.2. The van der Waals surface area contributed by atoms with Crippen molar-refractivity contribution in [3.8, 4) is 0 Å². The largest absolute Gasteiger partial charge is 0.478 e. The van der Waals surface area contributed by atoms with Crippen LogP contribution in [0.15, 0.2) is 42.5 Å². The van der Waals surface area contributed by atoms with E-state index in [1.165, 1.54) is 42.5 Å². The number of nitrogens with one attached hydrogen (secondary N) is 2. The summed E-state index contributed by atoms with van der Waals surface area (Å²) in [5, 5.41) is 21.9. The fraction of sp³-hybridized carbons (Fsp3) is 0.370. The van der Waals surface area contributed by atoms with Gasteiger partial charge in [-0.05, 0) is 48.6 Å². The van der Waals surface area contributed by atoms with Crippen molar-refractivity contribution >= 4 is 51.1 Å². The van der Waals surface area contributed by atoms with Crippen LogP contribution in [-0.4, -0.2) is 67.1 Å². The highest BCUT2D eigenvalue weighted by Crippen LogP contribution is 2.33. The maximum Gasteiger partial charge on any atom is 0.395 e. The number of aliphatic carboxylic acids is 1. The molecule has 0 unspecified atom stereocenters. The van der Waals surface area contributed by atoms with Crippen LogP contribution in [0.25, 0.3) is 0 Å². The van der Waals surface area contributed by atoms with E-state index in [1.807, 2.05) is 6.92 Å². The Morgan fingerprint density at radius 1 is 1.00 bits per heavy atom. The number of benzene rings is 2. The molecule has 6 N–H and O–H groups in total. The van der Waals surface area contributed by atoms with Gasteiger partial charge in [-0.2, -0.15) is 0 Å². The average Bonchev–Trinajstić information content (AvgIpc) is 2.89. The lowest BCUT2D eigenvalue weighted by Gasteiger charge is -2.26. The monoisotopic (exact) mass is 590 g/mol. The Morgan fingerprint density at radius 3 is 2.27 bits per heavy atom. The number of hydrogen-bond acceptors (Lipinski definition) is 7. The molecule has 2 rings (SSSR count). The van der Waals surface area contributed by atoms with Gasteiger partial charge in [-0.25, -0.2) is 22.7 Å². The summed E-state index contributed by atoms with van der Waals surface area (Å²) in [6, 6.07) is 8.43. The topological polar surface area (TPSA) is 213 Å². The van der Waals surface area contributed by atoms with Crippen molar-refractivity contribution in [1.29, 1.82) is 0 Å². The van der Waals surface area contributed by atoms with Gasteiger partial charge >= 0.3 is 17.8 Å². The van der Waals surface area contributed by atoms with Crippen LogP contribution in [0, 0.1) is 0 Å². The third kappa shape index (κ3) is 9.99. The molecule has 0 spiro atoms. The summed E-state index contributed by atoms with van der Waals surface area (Å²) in [5.74, 6) is -5.94. The second-order valence-electron chi connectivity index (χ2n) is 9.34. The SMILES string of the molecule is CCCCCNC(=O)[C@H](Cc1ccc(N(C(=O)C(=O)O)c2ccccc2C(=O)O)c(CCC(N)=O)c1)NS(C)(=O)=O. The molecule has 0 saturated carbocycles. The van der Waals surface area contributed by atoms with Crippen molar-refractivity contribution in [2.75, 3.05) is 17.7 Å². The number of para-hydroxylation sites is 1. The molecule has 41 heavy (non-hydrogen) atoms. The number of aromatic carboxylic acids is 1. The number of carboxylic acids is 2. The lowest BCUT2D eigenvalue weighted by atomic mass is 9.98. The Bertz CT molecular complexity index is 1410. The fourth-order valence-electron chi connectivity index (χ4n) is 4.13. The van der Waals surface area contributed by atoms with Crippen LogP contribution in [-0.2, 0) is 42.0 Å². The Balaban J connectivity index is 2.61. The third-order valence-corrected chi connectivity index (χ3v) is 6.69. The predicted molar refractivity (Wildman–Crippen MR) is 150 cm³/mol. The molecule has 0 saturated heterocycles. The number of primary amides is 1. The lowest BCUT2D eigenvalue weighted by molar-refractivity contribution is -0.148. The van der Waals surface area contributed by atoms with E-state index in [2.05, 4.69) is 10.0 Å². The summed E-state index contributed by atoms with van der Waals surface area (Å²) in [7, 11) is -3.79. The number of amides is 3. The number of nitrogens with two attached hydrogens (primary N) is 1. The second kappa shape index (κ2) is 14.9. The number of anilines is 2. The molecule has 0 radical (unpaired) electrons. The van der Waals surface area contributed by atoms with Crippen LogP contribution in [0.4, 0.5) is 11.4 Å². The van der Waals surface area contributed by atoms with Crippen molar-refractivity contribution in [3.63, 3.8) is 0 Å². The minimum absolute atomic E-state index is 0.0206. The number of carbonyl (C=O) groups is 5. The summed E-state index contributed by atoms with van der Waals surface area (Å²) in [5.41, 5.74) is 5.41. The van der Waals surface area contributed by atoms with Gasteiger partial charge in [0.2, 0.25) is 21.8 Å². The fourth-order valence-corrected chi connectivity index (χ4v) is 4.83. The zero-order valence-corrected chi connectivity index (χ0v) is 23.6. The van der Waals surface area contributed by atoms with Crippen molar-refractivity contribution < 1.29 is 42.6 Å². The van der Waals surface area contributed by atoms with Crippen molar-refractivity contribution in [1.82, 2.24) is 10.0 Å². The molecule has 0 aliphatic rings. The standard InChI is InChI=1S/C27H34N4O9S/c1-3-4-7-14-29-24(33)20(30-41(2,39)40)16-17-10-12-21(18(15-17)11-13-23(28)32)31(25(34)27(37)38)22-9-6-5-8-19(22)26(35)36/h5-6,8-10,12,15,20,30H,3-4,7,11,13-14,16H2,1-2H3,(H2,28,32)(H,29,33)(H,35,36)(H,37,38)/t20-/m0/s1. The number of nitrogens with zero attached hydrogens (tertiary/aromatic N) is 1. The summed E-state index contributed by atoms with van der Waals surface area (Å²) >= 11 is 0. The van der Waals surface area contributed by atoms with Crippen LogP contribution in [0.1, 0.15) is 54.1 Å². The van der Waals surface area contributed by atoms with E-state index in [4.69, 9.17) is 5.73 Å². The molecule has 1 atom stereocenters. The maximum absolute atomic E-state index is 12.9. The van der Waals surface area contributed by atoms with Gasteiger partial charge in [0.15, 0.2) is 0 Å². The molecule has 0 bridgehead atoms. The zero-order valence-electron chi connectivity index (χ0n) is 22.8. The molecular formula is C27H34N4O9S. The molecular weight excluding hydrogens is 556 g/mol. The lowest BCUT2D eigenvalue weighted by Crippen LogP contribution is -2.47. The minimum atomic E-state index is -3.79. The molecule has 0 aliphatic carbocycles. The summed E-state index contributed by atoms with van der Waals surface area (Å²) in [6.07, 6.45) is 3.06. The highest BCUT2D eigenvalue weighted by atomic mass is 32.2. The van der Waals surface area contributed by atoms with E-state index in [0.717, 1.165) is 24.0 Å². The molecule has 13 nitrogen and oxygen atoms in total. The summed E-state index contributed by atoms with van der Waals surface area (Å²) in [6.45, 7) is 2.35. The van der Waals surface area contributed by atoms with E-state index in [9.17, 15) is 42.6 Å². The smallest absolute Gasteiger partial charge is 0.395 e. The van der Waals surface area contributed by atoms with E-state index in [-0.39, 0.29) is 41.8 Å². The van der Waals surface area contributed by atoms with Crippen LogP contribution in [0.2, 0.25) is 0 Å². The van der Waals surface area contributed by atoms with Gasteiger partial charge in [-0.1, -0.05) is 44.0 Å². The Kier molecular flexibility index (Phi) is 12.0. The highest BCUT2D eigenvalue weighted by molar-refractivity contribution is 7.88. The molecule has 0 heterocycles. The summed E-state index contributed by atoms with van der Waals surface area (Å²) in [4.78, 5) is 61.7. The van der Waals surface area contributed by atoms with E-state index in [1.54, 1.807) is 0 Å². The van der Waals surface area contributed by atoms with Crippen molar-refractivity contribution in [2.24, 2.45) is 5.73 Å². The van der Waals surface area contributed by atoms with E-state index in [0.29, 0.717) is 18.5 Å². The Hall–Kier alpha value is -4.30. The van der Waals surface area contributed by atoms with Gasteiger partial charge in [-0.3, -0.25) is 19.3 Å². The van der Waals surface area contributed by atoms with E-state index < -0.39 is 45.7 Å². The van der Waals surface area contributed by atoms with Gasteiger partial charge in [0.05, 0.1) is 23.2 Å². The zero-order chi connectivity index (χ0) is 30.7. The van der Waals surface area contributed by atoms with Crippen molar-refractivity contribution in [3.05, 3.63) is 59.2 Å². The molecule has 222 valence electrons. The third-order valence-electron chi connectivity index (χ3n) is 5.98. The number of carboxylic acid groups (broad SMARTS) is 2. The minimum Gasteiger partial charge on any atom is -0.478 e. The molecule has 0 aliphatic heterocycles. The summed E-state index contributed by atoms with van der Waals surface area (Å²) < 4.78 is 26.3. The number of rotatable bonds is 15. The van der Waals surface area contributed by atoms with Crippen LogP contribution >= 0.6 is 0 Å². The molecule has 0 fully saturated rings. The average molecular weight is 591 g/mol. The van der Waals surface area contributed by atoms with Gasteiger partial charge in [0.25, 0.3) is 0 Å². The van der Waals surface area contributed by atoms with Gasteiger partial charge in [-0.15, -0.1) is 0 Å². The quantitative estimate of drug-likeness (QED) is 0.149. The molecule has 2 aromatic rings. The molecule has 2 aromatic carbocycles. The highest BCUT2D eigenvalue weighted by Gasteiger charge is 2.30. The molecule has 3 amide bonds. The first kappa shape index (κ1) is 32.9. The van der Waals surface area contributed by atoms with Gasteiger partial charge < -0.3 is 21.3 Å². The normalized spacial score (nSPS) is 11.9. The second-order valence-corrected chi connectivity index (χ2v) is 11.1. The molecule has 0 aromatic heterocycles. The Labute approximate surface area is 237 Å². The van der Waals surface area contributed by atoms with Crippen LogP contribution in [0.3, 0.4) is 0 Å². The van der Waals surface area contributed by atoms with Crippen LogP contribution in [0.5, 0.6) is 0 Å². The van der Waals surface area contributed by atoms with Crippen molar-refractivity contribution in [2.45, 2.75) is 51.5 Å². The first-order valence-electron chi connectivity index (χ1n) is 12.8. The van der Waals surface area contributed by atoms with E-state index >= 15 is 0 Å². The van der Waals surface area contributed by atoms with Gasteiger partial charge in [0, 0.05) is 13.0 Å². The first-order valence-corrected chi connectivity index (χ1v) is 14.7. The Morgan fingerprint density at radius 2 is 1.68 bits per heavy atom. The molecule has 14 heteroatoms. The number of hydrogen-bond donors (Lipinski definition) is 5. The van der Waals surface area contributed by atoms with Crippen LogP contribution < -0.4 is 20.7 Å². The number of carbonyl (C=O) groups excluding carboxylic acids is 3. The number of aryl methyl sites for hydroxylation is 1. The number of unbranched alkanes of at least 4 members (excludes halogenated alkanes) is 2.